The lowest BCUT2D eigenvalue weighted by Gasteiger charge is -2.34. The highest BCUT2D eigenvalue weighted by Gasteiger charge is 2.29. The van der Waals surface area contributed by atoms with Crippen LogP contribution in [-0.4, -0.2) is 48.0 Å². The van der Waals surface area contributed by atoms with Crippen LogP contribution in [-0.2, 0) is 20.7 Å². The molecule has 0 atom stereocenters. The Bertz CT molecular complexity index is 778. The van der Waals surface area contributed by atoms with Gasteiger partial charge in [0, 0.05) is 38.2 Å². The molecule has 3 amide bonds. The van der Waals surface area contributed by atoms with Crippen LogP contribution in [0.4, 0.5) is 10.5 Å². The van der Waals surface area contributed by atoms with Crippen molar-refractivity contribution in [2.24, 2.45) is 0 Å². The van der Waals surface area contributed by atoms with Crippen molar-refractivity contribution in [1.82, 2.24) is 10.2 Å². The Balaban J connectivity index is 0.000000269. The molecule has 3 aliphatic heterocycles. The van der Waals surface area contributed by atoms with E-state index in [-0.39, 0.29) is 17.9 Å². The van der Waals surface area contributed by atoms with E-state index in [1.807, 2.05) is 25.7 Å². The minimum atomic E-state index is -0.417. The summed E-state index contributed by atoms with van der Waals surface area (Å²) in [5.74, 6) is 0.288. The van der Waals surface area contributed by atoms with E-state index in [2.05, 4.69) is 28.8 Å². The molecule has 1 aromatic carbocycles. The molecule has 3 heterocycles. The molecule has 4 rings (SSSR count). The van der Waals surface area contributed by atoms with Gasteiger partial charge in [0.05, 0.1) is 0 Å². The summed E-state index contributed by atoms with van der Waals surface area (Å²) in [6.45, 7) is 8.37. The van der Waals surface area contributed by atoms with E-state index in [4.69, 9.17) is 4.74 Å². The molecular formula is C23H33N3O4. The number of carbonyl (C=O) groups excluding carboxylic acids is 3. The number of imide groups is 1. The Morgan fingerprint density at radius 2 is 1.73 bits per heavy atom. The minimum Gasteiger partial charge on any atom is -0.444 e. The average molecular weight is 416 g/mol. The van der Waals surface area contributed by atoms with Crippen LogP contribution in [0.2, 0.25) is 0 Å². The summed E-state index contributed by atoms with van der Waals surface area (Å²) in [5.41, 5.74) is 3.84. The number of hydrogen-bond acceptors (Lipinski definition) is 5. The topological polar surface area (TPSA) is 87.7 Å². The molecular weight excluding hydrogens is 382 g/mol. The van der Waals surface area contributed by atoms with Crippen LogP contribution in [0.3, 0.4) is 0 Å². The van der Waals surface area contributed by atoms with Crippen LogP contribution < -0.4 is 10.6 Å². The van der Waals surface area contributed by atoms with Gasteiger partial charge in [-0.15, -0.1) is 0 Å². The Morgan fingerprint density at radius 3 is 2.30 bits per heavy atom. The van der Waals surface area contributed by atoms with Gasteiger partial charge in [-0.05, 0) is 69.6 Å². The summed E-state index contributed by atoms with van der Waals surface area (Å²) in [7, 11) is 0. The van der Waals surface area contributed by atoms with Crippen LogP contribution in [0, 0.1) is 0 Å². The van der Waals surface area contributed by atoms with Crippen molar-refractivity contribution in [2.75, 3.05) is 25.0 Å². The first-order chi connectivity index (χ1) is 14.2. The number of anilines is 1. The highest BCUT2D eigenvalue weighted by Crippen LogP contribution is 2.35. The number of carbonyl (C=O) groups is 3. The lowest BCUT2D eigenvalue weighted by atomic mass is 9.86. The summed E-state index contributed by atoms with van der Waals surface area (Å²) in [6, 6.07) is 6.58. The van der Waals surface area contributed by atoms with Gasteiger partial charge in [-0.25, -0.2) is 4.79 Å². The predicted octanol–water partition coefficient (Wildman–Crippen LogP) is 3.58. The zero-order valence-electron chi connectivity index (χ0n) is 18.3. The van der Waals surface area contributed by atoms with Gasteiger partial charge in [-0.3, -0.25) is 14.9 Å². The van der Waals surface area contributed by atoms with Gasteiger partial charge < -0.3 is 15.0 Å². The summed E-state index contributed by atoms with van der Waals surface area (Å²) in [5, 5.41) is 5.65. The average Bonchev–Trinajstić information content (AvgIpc) is 3.16. The zero-order chi connectivity index (χ0) is 21.7. The number of piperidine rings is 2. The van der Waals surface area contributed by atoms with Crippen molar-refractivity contribution >= 4 is 23.6 Å². The van der Waals surface area contributed by atoms with Gasteiger partial charge in [-0.2, -0.15) is 0 Å². The molecule has 0 radical (unpaired) electrons. The fraction of sp³-hybridized carbons (Fsp3) is 0.609. The van der Waals surface area contributed by atoms with Crippen LogP contribution in [0.5, 0.6) is 0 Å². The second-order valence-electron chi connectivity index (χ2n) is 9.12. The number of nitrogens with zero attached hydrogens (tertiary/aromatic N) is 1. The van der Waals surface area contributed by atoms with Crippen molar-refractivity contribution in [2.45, 2.75) is 70.8 Å². The third kappa shape index (κ3) is 5.97. The van der Waals surface area contributed by atoms with Crippen molar-refractivity contribution in [1.29, 1.82) is 0 Å². The number of nitrogens with one attached hydrogen (secondary N) is 2. The molecule has 0 saturated carbocycles. The number of ether oxygens (including phenoxy) is 1. The van der Waals surface area contributed by atoms with Gasteiger partial charge in [0.1, 0.15) is 5.60 Å². The zero-order valence-corrected chi connectivity index (χ0v) is 18.3. The van der Waals surface area contributed by atoms with E-state index in [0.717, 1.165) is 38.9 Å². The number of rotatable bonds is 1. The Kier molecular flexibility index (Phi) is 7.00. The third-order valence-electron chi connectivity index (χ3n) is 5.58. The first-order valence-corrected chi connectivity index (χ1v) is 10.9. The number of fused-ring (bicyclic) bond motifs is 1. The SMILES string of the molecule is CC(C)(C)OC(=O)N1CCC(c2cccc3c2CCN3)CC1.O=C1CCCC(=O)N1. The largest absolute Gasteiger partial charge is 0.444 e. The van der Waals surface area contributed by atoms with Crippen molar-refractivity contribution in [3.8, 4) is 0 Å². The lowest BCUT2D eigenvalue weighted by Crippen LogP contribution is -2.41. The van der Waals surface area contributed by atoms with Crippen LogP contribution in [0.15, 0.2) is 18.2 Å². The maximum atomic E-state index is 12.1. The third-order valence-corrected chi connectivity index (χ3v) is 5.58. The minimum absolute atomic E-state index is 0.138. The molecule has 7 nitrogen and oxygen atoms in total. The molecule has 0 unspecified atom stereocenters. The van der Waals surface area contributed by atoms with Gasteiger partial charge in [0.15, 0.2) is 0 Å². The van der Waals surface area contributed by atoms with E-state index in [0.29, 0.717) is 25.2 Å². The number of amides is 3. The molecule has 2 saturated heterocycles. The molecule has 0 aliphatic carbocycles. The van der Waals surface area contributed by atoms with Gasteiger partial charge in [0.2, 0.25) is 11.8 Å². The van der Waals surface area contributed by atoms with Crippen molar-refractivity contribution < 1.29 is 19.1 Å². The van der Waals surface area contributed by atoms with Crippen molar-refractivity contribution in [3.05, 3.63) is 29.3 Å². The normalized spacial score (nSPS) is 19.2. The van der Waals surface area contributed by atoms with Crippen LogP contribution in [0.1, 0.15) is 69.9 Å². The second-order valence-corrected chi connectivity index (χ2v) is 9.12. The molecule has 1 aromatic rings. The van der Waals surface area contributed by atoms with Crippen LogP contribution in [0.25, 0.3) is 0 Å². The standard InChI is InChI=1S/C18H26N2O2.C5H7NO2/c1-18(2,3)22-17(21)20-11-8-13(9-12-20)14-5-4-6-16-15(14)7-10-19-16;7-4-2-1-3-5(8)6-4/h4-6,13,19H,7-12H2,1-3H3;1-3H2,(H,6,7,8). The maximum Gasteiger partial charge on any atom is 0.410 e. The van der Waals surface area contributed by atoms with E-state index in [9.17, 15) is 14.4 Å². The van der Waals surface area contributed by atoms with E-state index in [1.54, 1.807) is 0 Å². The molecule has 0 spiro atoms. The molecule has 30 heavy (non-hydrogen) atoms. The van der Waals surface area contributed by atoms with Gasteiger partial charge in [-0.1, -0.05) is 12.1 Å². The van der Waals surface area contributed by atoms with Gasteiger partial charge in [0.25, 0.3) is 0 Å². The van der Waals surface area contributed by atoms with Crippen molar-refractivity contribution in [3.63, 3.8) is 0 Å². The smallest absolute Gasteiger partial charge is 0.410 e. The quantitative estimate of drug-likeness (QED) is 0.685. The fourth-order valence-corrected chi connectivity index (χ4v) is 4.14. The molecule has 7 heteroatoms. The predicted molar refractivity (Wildman–Crippen MR) is 115 cm³/mol. The maximum absolute atomic E-state index is 12.1. The first-order valence-electron chi connectivity index (χ1n) is 10.9. The number of benzene rings is 1. The number of hydrogen-bond donors (Lipinski definition) is 2. The lowest BCUT2D eigenvalue weighted by molar-refractivity contribution is -0.132. The summed E-state index contributed by atoms with van der Waals surface area (Å²) < 4.78 is 5.47. The highest BCUT2D eigenvalue weighted by atomic mass is 16.6. The molecule has 0 bridgehead atoms. The van der Waals surface area contributed by atoms with E-state index in [1.165, 1.54) is 16.8 Å². The van der Waals surface area contributed by atoms with Gasteiger partial charge >= 0.3 is 6.09 Å². The van der Waals surface area contributed by atoms with E-state index >= 15 is 0 Å². The molecule has 2 fully saturated rings. The first kappa shape index (κ1) is 22.1. The Hall–Kier alpha value is -2.57. The monoisotopic (exact) mass is 415 g/mol. The van der Waals surface area contributed by atoms with E-state index < -0.39 is 5.60 Å². The molecule has 0 aromatic heterocycles. The molecule has 2 N–H and O–H groups in total. The highest BCUT2D eigenvalue weighted by molar-refractivity contribution is 5.97. The Morgan fingerprint density at radius 1 is 1.07 bits per heavy atom. The Labute approximate surface area is 178 Å². The summed E-state index contributed by atoms with van der Waals surface area (Å²) in [4.78, 5) is 34.7. The summed E-state index contributed by atoms with van der Waals surface area (Å²) in [6.07, 6.45) is 4.72. The molecule has 164 valence electrons. The number of likely N-dealkylation sites (tertiary alicyclic amines) is 1. The molecule has 3 aliphatic rings. The van der Waals surface area contributed by atoms with Crippen LogP contribution >= 0.6 is 0 Å². The summed E-state index contributed by atoms with van der Waals surface area (Å²) >= 11 is 0. The fourth-order valence-electron chi connectivity index (χ4n) is 4.14. The second kappa shape index (κ2) is 9.49.